The standard InChI is InChI=1S/C30H40N6O2S2/c1-6-8-26(37)35-16-7-9-25(35)27(38)34-29-33-22(18-40-29)24-15-14-23(21-17-39-28(31-5)32-21)36(24)20-12-10-19(11-13-20)30(2,3)4/h10-13,17-18,23-25H,6-9,14-16H2,1-5H3,(H,31,32)(H,33,34,38)/t23-,24-,25?/m0/s1. The van der Waals surface area contributed by atoms with Crippen molar-refractivity contribution in [2.45, 2.75) is 89.8 Å². The van der Waals surface area contributed by atoms with Gasteiger partial charge >= 0.3 is 0 Å². The first-order valence-electron chi connectivity index (χ1n) is 14.3. The quantitative estimate of drug-likeness (QED) is 0.306. The van der Waals surface area contributed by atoms with Crippen LogP contribution in [0.2, 0.25) is 0 Å². The molecule has 2 N–H and O–H groups in total. The summed E-state index contributed by atoms with van der Waals surface area (Å²) in [6.45, 7) is 9.33. The van der Waals surface area contributed by atoms with Gasteiger partial charge in [0.25, 0.3) is 0 Å². The molecular weight excluding hydrogens is 541 g/mol. The molecule has 0 bridgehead atoms. The van der Waals surface area contributed by atoms with E-state index in [1.165, 1.54) is 16.9 Å². The Labute approximate surface area is 245 Å². The van der Waals surface area contributed by atoms with Crippen LogP contribution in [0.4, 0.5) is 16.0 Å². The summed E-state index contributed by atoms with van der Waals surface area (Å²) in [5, 5.41) is 11.9. The fourth-order valence-electron chi connectivity index (χ4n) is 5.82. The van der Waals surface area contributed by atoms with E-state index < -0.39 is 6.04 Å². The van der Waals surface area contributed by atoms with E-state index in [1.54, 1.807) is 16.2 Å². The van der Waals surface area contributed by atoms with E-state index in [2.05, 4.69) is 71.3 Å². The lowest BCUT2D eigenvalue weighted by Crippen LogP contribution is -2.43. The molecule has 1 aromatic carbocycles. The number of hydrogen-bond acceptors (Lipinski definition) is 8. The number of hydrogen-bond donors (Lipinski definition) is 2. The lowest BCUT2D eigenvalue weighted by atomic mass is 9.87. The van der Waals surface area contributed by atoms with Crippen LogP contribution >= 0.6 is 22.7 Å². The van der Waals surface area contributed by atoms with Crippen LogP contribution in [0.3, 0.4) is 0 Å². The highest BCUT2D eigenvalue weighted by Gasteiger charge is 2.39. The van der Waals surface area contributed by atoms with Gasteiger partial charge in [0.2, 0.25) is 11.8 Å². The second-order valence-corrected chi connectivity index (χ2v) is 13.4. The van der Waals surface area contributed by atoms with Gasteiger partial charge < -0.3 is 20.4 Å². The Morgan fingerprint density at radius 3 is 2.17 bits per heavy atom. The minimum atomic E-state index is -0.411. The zero-order valence-electron chi connectivity index (χ0n) is 24.1. The molecule has 2 aliphatic heterocycles. The van der Waals surface area contributed by atoms with Crippen LogP contribution < -0.4 is 15.5 Å². The van der Waals surface area contributed by atoms with E-state index in [4.69, 9.17) is 9.97 Å². The van der Waals surface area contributed by atoms with Gasteiger partial charge in [-0.05, 0) is 55.2 Å². The zero-order valence-corrected chi connectivity index (χ0v) is 25.7. The molecule has 2 amide bonds. The van der Waals surface area contributed by atoms with Crippen molar-refractivity contribution in [3.8, 4) is 0 Å². The van der Waals surface area contributed by atoms with Gasteiger partial charge in [-0.2, -0.15) is 0 Å². The molecule has 2 aliphatic rings. The predicted molar refractivity (Wildman–Crippen MR) is 164 cm³/mol. The summed E-state index contributed by atoms with van der Waals surface area (Å²) in [6, 6.07) is 8.68. The molecule has 2 saturated heterocycles. The van der Waals surface area contributed by atoms with E-state index >= 15 is 0 Å². The zero-order chi connectivity index (χ0) is 28.4. The SMILES string of the molecule is CCCC(=O)N1CCCC1C(=O)Nc1nc([C@@H]2CC[C@@H](c3csc(NC)n3)N2c2ccc(C(C)(C)C)cc2)cs1. The lowest BCUT2D eigenvalue weighted by Gasteiger charge is -2.32. The Bertz CT molecular complexity index is 1330. The highest BCUT2D eigenvalue weighted by molar-refractivity contribution is 7.14. The number of likely N-dealkylation sites (tertiary alicyclic amines) is 1. The molecule has 3 aromatic rings. The molecule has 10 heteroatoms. The smallest absolute Gasteiger partial charge is 0.248 e. The molecule has 3 atom stereocenters. The third-order valence-electron chi connectivity index (χ3n) is 7.93. The van der Waals surface area contributed by atoms with Crippen LogP contribution in [0.15, 0.2) is 35.0 Å². The Hall–Kier alpha value is -2.98. The number of rotatable bonds is 8. The molecule has 4 heterocycles. The highest BCUT2D eigenvalue weighted by Crippen LogP contribution is 2.48. The number of thiazole rings is 2. The van der Waals surface area contributed by atoms with Crippen molar-refractivity contribution in [1.29, 1.82) is 0 Å². The first-order chi connectivity index (χ1) is 19.2. The van der Waals surface area contributed by atoms with Crippen molar-refractivity contribution in [2.24, 2.45) is 0 Å². The van der Waals surface area contributed by atoms with Crippen molar-refractivity contribution in [2.75, 3.05) is 29.1 Å². The van der Waals surface area contributed by atoms with Crippen LogP contribution in [0.5, 0.6) is 0 Å². The number of nitrogens with zero attached hydrogens (tertiary/aromatic N) is 4. The van der Waals surface area contributed by atoms with Crippen LogP contribution in [0, 0.1) is 0 Å². The Balaban J connectivity index is 1.38. The summed E-state index contributed by atoms with van der Waals surface area (Å²) < 4.78 is 0. The molecule has 214 valence electrons. The van der Waals surface area contributed by atoms with Gasteiger partial charge in [-0.3, -0.25) is 9.59 Å². The predicted octanol–water partition coefficient (Wildman–Crippen LogP) is 6.75. The molecular formula is C30H40N6O2S2. The fourth-order valence-corrected chi connectivity index (χ4v) is 7.30. The fraction of sp³-hybridized carbons (Fsp3) is 0.533. The molecule has 2 fully saturated rings. The van der Waals surface area contributed by atoms with Crippen LogP contribution in [-0.4, -0.2) is 46.3 Å². The average molecular weight is 581 g/mol. The first kappa shape index (κ1) is 28.5. The number of nitrogens with one attached hydrogen (secondary N) is 2. The summed E-state index contributed by atoms with van der Waals surface area (Å²) in [5.41, 5.74) is 4.55. The molecule has 1 unspecified atom stereocenters. The van der Waals surface area contributed by atoms with Crippen LogP contribution in [0.25, 0.3) is 0 Å². The third-order valence-corrected chi connectivity index (χ3v) is 9.58. The summed E-state index contributed by atoms with van der Waals surface area (Å²) >= 11 is 3.08. The van der Waals surface area contributed by atoms with E-state index in [0.717, 1.165) is 47.9 Å². The number of carbonyl (C=O) groups is 2. The second-order valence-electron chi connectivity index (χ2n) is 11.7. The minimum absolute atomic E-state index is 0.0635. The third kappa shape index (κ3) is 5.88. The molecule has 0 radical (unpaired) electrons. The van der Waals surface area contributed by atoms with Gasteiger partial charge in [-0.15, -0.1) is 22.7 Å². The van der Waals surface area contributed by atoms with Gasteiger partial charge in [-0.1, -0.05) is 39.8 Å². The lowest BCUT2D eigenvalue weighted by molar-refractivity contribution is -0.136. The number of aromatic nitrogens is 2. The van der Waals surface area contributed by atoms with Gasteiger partial charge in [0, 0.05) is 36.5 Å². The highest BCUT2D eigenvalue weighted by atomic mass is 32.1. The maximum absolute atomic E-state index is 13.2. The van der Waals surface area contributed by atoms with E-state index in [-0.39, 0.29) is 29.3 Å². The number of amides is 2. The number of anilines is 3. The van der Waals surface area contributed by atoms with E-state index in [0.29, 0.717) is 24.5 Å². The monoisotopic (exact) mass is 580 g/mol. The molecule has 2 aromatic heterocycles. The van der Waals surface area contributed by atoms with Gasteiger partial charge in [0.15, 0.2) is 10.3 Å². The molecule has 5 rings (SSSR count). The molecule has 40 heavy (non-hydrogen) atoms. The Morgan fingerprint density at radius 1 is 0.975 bits per heavy atom. The summed E-state index contributed by atoms with van der Waals surface area (Å²) in [4.78, 5) is 39.6. The molecule has 0 aliphatic carbocycles. The van der Waals surface area contributed by atoms with Crippen molar-refractivity contribution in [3.63, 3.8) is 0 Å². The average Bonchev–Trinajstić information content (AvgIpc) is 3.73. The number of carbonyl (C=O) groups excluding carboxylic acids is 2. The van der Waals surface area contributed by atoms with Gasteiger partial charge in [0.05, 0.1) is 23.5 Å². The molecule has 0 spiro atoms. The van der Waals surface area contributed by atoms with Crippen molar-refractivity contribution >= 4 is 50.4 Å². The normalized spacial score (nSPS) is 21.2. The second kappa shape index (κ2) is 11.9. The minimum Gasteiger partial charge on any atom is -0.365 e. The van der Waals surface area contributed by atoms with Crippen LogP contribution in [-0.2, 0) is 15.0 Å². The van der Waals surface area contributed by atoms with Gasteiger partial charge in [-0.25, -0.2) is 9.97 Å². The van der Waals surface area contributed by atoms with Gasteiger partial charge in [0.1, 0.15) is 6.04 Å². The molecule has 0 saturated carbocycles. The van der Waals surface area contributed by atoms with E-state index in [1.807, 2.05) is 14.0 Å². The van der Waals surface area contributed by atoms with Crippen molar-refractivity contribution in [1.82, 2.24) is 14.9 Å². The maximum atomic E-state index is 13.2. The van der Waals surface area contributed by atoms with Crippen molar-refractivity contribution < 1.29 is 9.59 Å². The number of benzene rings is 1. The van der Waals surface area contributed by atoms with Crippen LogP contribution in [0.1, 0.15) is 95.3 Å². The Morgan fingerprint density at radius 2 is 1.60 bits per heavy atom. The molecule has 8 nitrogen and oxygen atoms in total. The Kier molecular flexibility index (Phi) is 8.47. The maximum Gasteiger partial charge on any atom is 0.248 e. The summed E-state index contributed by atoms with van der Waals surface area (Å²) in [5.74, 6) is -0.0718. The topological polar surface area (TPSA) is 90.5 Å². The van der Waals surface area contributed by atoms with Crippen molar-refractivity contribution in [3.05, 3.63) is 52.0 Å². The largest absolute Gasteiger partial charge is 0.365 e. The summed E-state index contributed by atoms with van der Waals surface area (Å²) in [6.07, 6.45) is 4.73. The first-order valence-corrected chi connectivity index (χ1v) is 16.0. The van der Waals surface area contributed by atoms with E-state index in [9.17, 15) is 9.59 Å². The summed E-state index contributed by atoms with van der Waals surface area (Å²) in [7, 11) is 1.90.